The van der Waals surface area contributed by atoms with Crippen LogP contribution in [0.4, 0.5) is 0 Å². The van der Waals surface area contributed by atoms with E-state index < -0.39 is 11.4 Å². The molecular formula is C22H30N2OS. The second kappa shape index (κ2) is 7.89. The smallest absolute Gasteiger partial charge is 0.181 e. The molecule has 0 radical (unpaired) electrons. The Morgan fingerprint density at radius 3 is 2.23 bits per heavy atom. The van der Waals surface area contributed by atoms with E-state index in [0.29, 0.717) is 6.04 Å². The van der Waals surface area contributed by atoms with Gasteiger partial charge in [-0.1, -0.05) is 31.2 Å². The second-order valence-electron chi connectivity index (χ2n) is 8.05. The van der Waals surface area contributed by atoms with Crippen LogP contribution in [0.3, 0.4) is 0 Å². The van der Waals surface area contributed by atoms with Crippen molar-refractivity contribution in [3.05, 3.63) is 42.0 Å². The molecule has 4 heteroatoms. The molecule has 2 aliphatic rings. The largest absolute Gasteiger partial charge is 0.593 e. The van der Waals surface area contributed by atoms with Crippen molar-refractivity contribution in [1.82, 2.24) is 9.21 Å². The van der Waals surface area contributed by atoms with Gasteiger partial charge >= 0.3 is 0 Å². The predicted octanol–water partition coefficient (Wildman–Crippen LogP) is 4.37. The van der Waals surface area contributed by atoms with Crippen molar-refractivity contribution in [1.29, 1.82) is 0 Å². The summed E-state index contributed by atoms with van der Waals surface area (Å²) in [6.45, 7) is 8.86. The molecule has 0 amide bonds. The number of fused-ring (bicyclic) bond motifs is 1. The Bertz CT molecular complexity index is 749. The summed E-state index contributed by atoms with van der Waals surface area (Å²) in [5, 5.41) is 2.36. The molecule has 0 saturated carbocycles. The van der Waals surface area contributed by atoms with Crippen molar-refractivity contribution in [2.75, 3.05) is 26.2 Å². The van der Waals surface area contributed by atoms with Crippen molar-refractivity contribution in [2.45, 2.75) is 50.5 Å². The van der Waals surface area contributed by atoms with Crippen molar-refractivity contribution in [3.63, 3.8) is 0 Å². The molecule has 0 spiro atoms. The minimum atomic E-state index is -1.06. The van der Waals surface area contributed by atoms with Gasteiger partial charge in [0.1, 0.15) is 0 Å². The maximum absolute atomic E-state index is 13.3. The molecule has 4 rings (SSSR count). The summed E-state index contributed by atoms with van der Waals surface area (Å²) >= 11 is -1.06. The summed E-state index contributed by atoms with van der Waals surface area (Å²) in [7, 11) is 0. The molecule has 2 saturated heterocycles. The lowest BCUT2D eigenvalue weighted by atomic mass is 9.95. The zero-order valence-corrected chi connectivity index (χ0v) is 16.8. The van der Waals surface area contributed by atoms with Crippen LogP contribution in [0.25, 0.3) is 10.8 Å². The van der Waals surface area contributed by atoms with E-state index in [-0.39, 0.29) is 0 Å². The van der Waals surface area contributed by atoms with E-state index in [1.54, 1.807) is 0 Å². The Kier molecular flexibility index (Phi) is 5.55. The molecule has 0 aliphatic carbocycles. The van der Waals surface area contributed by atoms with Gasteiger partial charge in [-0.05, 0) is 74.7 Å². The maximum atomic E-state index is 13.3. The molecule has 2 aliphatic heterocycles. The highest BCUT2D eigenvalue weighted by Gasteiger charge is 2.33. The van der Waals surface area contributed by atoms with Gasteiger partial charge in [0.2, 0.25) is 0 Å². The highest BCUT2D eigenvalue weighted by Crippen LogP contribution is 2.31. The second-order valence-corrected chi connectivity index (χ2v) is 9.51. The van der Waals surface area contributed by atoms with Crippen molar-refractivity contribution >= 4 is 22.1 Å². The molecule has 2 aromatic rings. The van der Waals surface area contributed by atoms with E-state index in [0.717, 1.165) is 42.1 Å². The fourth-order valence-electron chi connectivity index (χ4n) is 4.48. The highest BCUT2D eigenvalue weighted by molar-refractivity contribution is 7.89. The summed E-state index contributed by atoms with van der Waals surface area (Å²) < 4.78 is 15.5. The number of hydrogen-bond acceptors (Lipinski definition) is 3. The molecule has 26 heavy (non-hydrogen) atoms. The highest BCUT2D eigenvalue weighted by atomic mass is 32.2. The van der Waals surface area contributed by atoms with Crippen LogP contribution in [-0.4, -0.2) is 46.0 Å². The standard InChI is InChI=1S/C22H30N2OS/c1-17-9-13-23(14-10-17)19-11-15-24(16-12-19)26(25)22-8-7-18(2)20-5-3-4-6-21(20)22/h3-8,17,19H,9-16H2,1-2H3. The summed E-state index contributed by atoms with van der Waals surface area (Å²) in [6.07, 6.45) is 4.96. The van der Waals surface area contributed by atoms with Gasteiger partial charge in [-0.3, -0.25) is 0 Å². The Hall–Kier alpha value is -1.07. The third kappa shape index (κ3) is 3.65. The average molecular weight is 371 g/mol. The number of hydrogen-bond donors (Lipinski definition) is 0. The van der Waals surface area contributed by atoms with Crippen LogP contribution in [0, 0.1) is 12.8 Å². The van der Waals surface area contributed by atoms with Gasteiger partial charge in [-0.25, -0.2) is 0 Å². The van der Waals surface area contributed by atoms with Crippen LogP contribution in [0.15, 0.2) is 41.3 Å². The maximum Gasteiger partial charge on any atom is 0.181 e. The van der Waals surface area contributed by atoms with Crippen molar-refractivity contribution in [2.24, 2.45) is 5.92 Å². The molecule has 2 fully saturated rings. The fraction of sp³-hybridized carbons (Fsp3) is 0.545. The third-order valence-electron chi connectivity index (χ3n) is 6.28. The molecule has 2 aromatic carbocycles. The van der Waals surface area contributed by atoms with E-state index in [4.69, 9.17) is 0 Å². The fourth-order valence-corrected chi connectivity index (χ4v) is 5.85. The molecule has 1 atom stereocenters. The molecule has 0 aromatic heterocycles. The molecule has 3 nitrogen and oxygen atoms in total. The Balaban J connectivity index is 1.44. The lowest BCUT2D eigenvalue weighted by molar-refractivity contribution is 0.101. The minimum absolute atomic E-state index is 0.686. The summed E-state index contributed by atoms with van der Waals surface area (Å²) in [4.78, 5) is 3.65. The van der Waals surface area contributed by atoms with Crippen LogP contribution in [0.5, 0.6) is 0 Å². The van der Waals surface area contributed by atoms with Crippen LogP contribution >= 0.6 is 0 Å². The number of benzene rings is 2. The van der Waals surface area contributed by atoms with Gasteiger partial charge in [-0.15, -0.1) is 4.31 Å². The van der Waals surface area contributed by atoms with E-state index in [1.165, 1.54) is 36.9 Å². The van der Waals surface area contributed by atoms with Gasteiger partial charge < -0.3 is 9.45 Å². The first kappa shape index (κ1) is 18.3. The van der Waals surface area contributed by atoms with Gasteiger partial charge in [0.15, 0.2) is 4.90 Å². The number of nitrogens with zero attached hydrogens (tertiary/aromatic N) is 2. The number of likely N-dealkylation sites (tertiary alicyclic amines) is 1. The van der Waals surface area contributed by atoms with Crippen LogP contribution in [-0.2, 0) is 11.4 Å². The van der Waals surface area contributed by atoms with E-state index >= 15 is 0 Å². The quantitative estimate of drug-likeness (QED) is 0.752. The predicted molar refractivity (Wildman–Crippen MR) is 110 cm³/mol. The monoisotopic (exact) mass is 370 g/mol. The SMILES string of the molecule is Cc1ccc([S+]([O-])N2CCC(N3CCC(C)CC3)CC2)c2ccccc12. The molecule has 0 bridgehead atoms. The summed E-state index contributed by atoms with van der Waals surface area (Å²) in [6, 6.07) is 13.2. The Labute approximate surface area is 160 Å². The number of aryl methyl sites for hydroxylation is 1. The molecule has 0 N–H and O–H groups in total. The van der Waals surface area contributed by atoms with Gasteiger partial charge in [0.05, 0.1) is 11.4 Å². The van der Waals surface area contributed by atoms with Crippen LogP contribution in [0.1, 0.15) is 38.2 Å². The molecule has 2 heterocycles. The number of rotatable bonds is 3. The molecule has 140 valence electrons. The van der Waals surface area contributed by atoms with Gasteiger partial charge in [0, 0.05) is 24.5 Å². The lowest BCUT2D eigenvalue weighted by Gasteiger charge is -2.40. The van der Waals surface area contributed by atoms with Crippen molar-refractivity contribution in [3.8, 4) is 0 Å². The lowest BCUT2D eigenvalue weighted by Crippen LogP contribution is -2.48. The van der Waals surface area contributed by atoms with Crippen LogP contribution in [0.2, 0.25) is 0 Å². The number of piperidine rings is 2. The van der Waals surface area contributed by atoms with E-state index in [2.05, 4.69) is 53.4 Å². The summed E-state index contributed by atoms with van der Waals surface area (Å²) in [5.41, 5.74) is 1.25. The van der Waals surface area contributed by atoms with Crippen LogP contribution < -0.4 is 0 Å². The normalized spacial score (nSPS) is 22.7. The average Bonchev–Trinajstić information content (AvgIpc) is 2.69. The third-order valence-corrected chi connectivity index (χ3v) is 7.85. The zero-order chi connectivity index (χ0) is 18.1. The zero-order valence-electron chi connectivity index (χ0n) is 16.0. The first-order valence-electron chi connectivity index (χ1n) is 10.0. The Morgan fingerprint density at radius 1 is 0.885 bits per heavy atom. The minimum Gasteiger partial charge on any atom is -0.593 e. The van der Waals surface area contributed by atoms with Gasteiger partial charge in [0.25, 0.3) is 0 Å². The van der Waals surface area contributed by atoms with Crippen molar-refractivity contribution < 1.29 is 4.55 Å². The Morgan fingerprint density at radius 2 is 1.54 bits per heavy atom. The van der Waals surface area contributed by atoms with Gasteiger partial charge in [-0.2, -0.15) is 0 Å². The molecule has 1 unspecified atom stereocenters. The topological polar surface area (TPSA) is 29.5 Å². The first-order valence-corrected chi connectivity index (χ1v) is 11.1. The first-order chi connectivity index (χ1) is 12.6. The van der Waals surface area contributed by atoms with E-state index in [1.807, 2.05) is 6.07 Å². The molecular weight excluding hydrogens is 340 g/mol. The summed E-state index contributed by atoms with van der Waals surface area (Å²) in [5.74, 6) is 0.883. The van der Waals surface area contributed by atoms with E-state index in [9.17, 15) is 4.55 Å².